The zero-order valence-electron chi connectivity index (χ0n) is 12.3. The van der Waals surface area contributed by atoms with E-state index < -0.39 is 0 Å². The number of benzene rings is 2. The molecule has 21 heavy (non-hydrogen) atoms. The molecule has 0 amide bonds. The van der Waals surface area contributed by atoms with Crippen LogP contribution < -0.4 is 9.47 Å². The molecule has 2 nitrogen and oxygen atoms in total. The minimum Gasteiger partial charge on any atom is -0.490 e. The van der Waals surface area contributed by atoms with Crippen LogP contribution in [-0.4, -0.2) is 13.2 Å². The maximum absolute atomic E-state index is 5.98. The quantitative estimate of drug-likeness (QED) is 0.513. The Labute approximate surface area is 131 Å². The summed E-state index contributed by atoms with van der Waals surface area (Å²) in [6.07, 6.45) is 1.97. The molecule has 0 aliphatic rings. The van der Waals surface area contributed by atoms with E-state index in [4.69, 9.17) is 21.1 Å². The summed E-state index contributed by atoms with van der Waals surface area (Å²) in [4.78, 5) is 0. The van der Waals surface area contributed by atoms with Crippen LogP contribution in [0.4, 0.5) is 0 Å². The largest absolute Gasteiger partial charge is 0.490 e. The van der Waals surface area contributed by atoms with Crippen LogP contribution in [0.3, 0.4) is 0 Å². The summed E-state index contributed by atoms with van der Waals surface area (Å²) in [5.74, 6) is 1.98. The van der Waals surface area contributed by atoms with E-state index in [9.17, 15) is 0 Å². The molecule has 0 saturated carbocycles. The van der Waals surface area contributed by atoms with Gasteiger partial charge in [-0.3, -0.25) is 0 Å². The molecule has 2 aromatic rings. The molecular formula is C18H21ClO2. The van der Waals surface area contributed by atoms with Gasteiger partial charge in [-0.2, -0.15) is 0 Å². The molecule has 2 aromatic carbocycles. The summed E-state index contributed by atoms with van der Waals surface area (Å²) in [5, 5.41) is 0. The first-order valence-corrected chi connectivity index (χ1v) is 7.86. The Bertz CT molecular complexity index is 540. The number of halogens is 1. The third kappa shape index (κ3) is 4.68. The third-order valence-electron chi connectivity index (χ3n) is 3.20. The maximum Gasteiger partial charge on any atom is 0.165 e. The molecule has 0 aromatic heterocycles. The van der Waals surface area contributed by atoms with Crippen molar-refractivity contribution < 1.29 is 9.47 Å². The summed E-state index contributed by atoms with van der Waals surface area (Å²) >= 11 is 5.98. The van der Waals surface area contributed by atoms with Gasteiger partial charge >= 0.3 is 0 Å². The molecule has 0 heterocycles. The molecule has 0 unspecified atom stereocenters. The van der Waals surface area contributed by atoms with E-state index in [0.29, 0.717) is 19.1 Å². The molecule has 0 aliphatic heterocycles. The number of hydrogen-bond acceptors (Lipinski definition) is 2. The van der Waals surface area contributed by atoms with E-state index in [0.717, 1.165) is 29.9 Å². The molecule has 0 atom stereocenters. The SMILES string of the molecule is CCOc1cccc(CCl)c1OCCCc1ccccc1. The van der Waals surface area contributed by atoms with Crippen molar-refractivity contribution in [2.45, 2.75) is 25.6 Å². The van der Waals surface area contributed by atoms with Crippen molar-refractivity contribution in [1.82, 2.24) is 0 Å². The summed E-state index contributed by atoms with van der Waals surface area (Å²) < 4.78 is 11.5. The second-order valence-corrected chi connectivity index (χ2v) is 5.02. The first-order chi connectivity index (χ1) is 10.3. The van der Waals surface area contributed by atoms with Gasteiger partial charge in [0.25, 0.3) is 0 Å². The smallest absolute Gasteiger partial charge is 0.165 e. The highest BCUT2D eigenvalue weighted by atomic mass is 35.5. The summed E-state index contributed by atoms with van der Waals surface area (Å²) in [6, 6.07) is 16.3. The normalized spacial score (nSPS) is 10.4. The number of para-hydroxylation sites is 1. The Balaban J connectivity index is 1.92. The molecule has 0 radical (unpaired) electrons. The number of rotatable bonds is 8. The lowest BCUT2D eigenvalue weighted by atomic mass is 10.1. The van der Waals surface area contributed by atoms with Crippen LogP contribution in [0.1, 0.15) is 24.5 Å². The lowest BCUT2D eigenvalue weighted by molar-refractivity contribution is 0.272. The summed E-state index contributed by atoms with van der Waals surface area (Å²) in [5.41, 5.74) is 2.30. The zero-order valence-corrected chi connectivity index (χ0v) is 13.1. The van der Waals surface area contributed by atoms with E-state index in [2.05, 4.69) is 24.3 Å². The number of aryl methyl sites for hydroxylation is 1. The van der Waals surface area contributed by atoms with Crippen molar-refractivity contribution in [2.75, 3.05) is 13.2 Å². The van der Waals surface area contributed by atoms with E-state index in [-0.39, 0.29) is 0 Å². The molecule has 0 spiro atoms. The minimum atomic E-state index is 0.426. The fraction of sp³-hybridized carbons (Fsp3) is 0.333. The van der Waals surface area contributed by atoms with Crippen LogP contribution in [0.2, 0.25) is 0 Å². The van der Waals surface area contributed by atoms with Crippen LogP contribution in [0.5, 0.6) is 11.5 Å². The maximum atomic E-state index is 5.98. The Morgan fingerprint density at radius 2 is 1.76 bits per heavy atom. The molecule has 3 heteroatoms. The van der Waals surface area contributed by atoms with Gasteiger partial charge < -0.3 is 9.47 Å². The lowest BCUT2D eigenvalue weighted by Gasteiger charge is -2.14. The number of alkyl halides is 1. The fourth-order valence-electron chi connectivity index (χ4n) is 2.19. The predicted molar refractivity (Wildman–Crippen MR) is 87.4 cm³/mol. The fourth-order valence-corrected chi connectivity index (χ4v) is 2.41. The summed E-state index contributed by atoms with van der Waals surface area (Å²) in [7, 11) is 0. The molecular weight excluding hydrogens is 284 g/mol. The van der Waals surface area contributed by atoms with Gasteiger partial charge in [-0.25, -0.2) is 0 Å². The van der Waals surface area contributed by atoms with Gasteiger partial charge in [0.2, 0.25) is 0 Å². The van der Waals surface area contributed by atoms with Crippen LogP contribution in [0.15, 0.2) is 48.5 Å². The molecule has 0 N–H and O–H groups in total. The van der Waals surface area contributed by atoms with Crippen molar-refractivity contribution >= 4 is 11.6 Å². The number of ether oxygens (including phenoxy) is 2. The van der Waals surface area contributed by atoms with E-state index in [1.165, 1.54) is 5.56 Å². The van der Waals surface area contributed by atoms with Crippen molar-refractivity contribution in [3.63, 3.8) is 0 Å². The van der Waals surface area contributed by atoms with E-state index >= 15 is 0 Å². The van der Waals surface area contributed by atoms with Gasteiger partial charge in [-0.1, -0.05) is 42.5 Å². The minimum absolute atomic E-state index is 0.426. The van der Waals surface area contributed by atoms with E-state index in [1.807, 2.05) is 31.2 Å². The van der Waals surface area contributed by atoms with E-state index in [1.54, 1.807) is 0 Å². The highest BCUT2D eigenvalue weighted by Crippen LogP contribution is 2.32. The van der Waals surface area contributed by atoms with Crippen LogP contribution >= 0.6 is 11.6 Å². The van der Waals surface area contributed by atoms with Gasteiger partial charge in [-0.15, -0.1) is 11.6 Å². The second-order valence-electron chi connectivity index (χ2n) is 4.75. The average molecular weight is 305 g/mol. The monoisotopic (exact) mass is 304 g/mol. The average Bonchev–Trinajstić information content (AvgIpc) is 2.53. The first-order valence-electron chi connectivity index (χ1n) is 7.32. The Hall–Kier alpha value is -1.67. The standard InChI is InChI=1S/C18H21ClO2/c1-2-20-17-12-6-11-16(14-19)18(17)21-13-7-10-15-8-4-3-5-9-15/h3-6,8-9,11-12H,2,7,10,13-14H2,1H3. The Morgan fingerprint density at radius 3 is 2.48 bits per heavy atom. The topological polar surface area (TPSA) is 18.5 Å². The molecule has 0 saturated heterocycles. The Morgan fingerprint density at radius 1 is 0.952 bits per heavy atom. The van der Waals surface area contributed by atoms with Crippen LogP contribution in [0, 0.1) is 0 Å². The lowest BCUT2D eigenvalue weighted by Crippen LogP contribution is -2.04. The van der Waals surface area contributed by atoms with Gasteiger partial charge in [-0.05, 0) is 31.4 Å². The highest BCUT2D eigenvalue weighted by molar-refractivity contribution is 6.17. The van der Waals surface area contributed by atoms with Crippen LogP contribution in [0.25, 0.3) is 0 Å². The Kier molecular flexibility index (Phi) is 6.42. The molecule has 0 aliphatic carbocycles. The second kappa shape index (κ2) is 8.58. The van der Waals surface area contributed by atoms with Crippen molar-refractivity contribution in [3.8, 4) is 11.5 Å². The molecule has 2 rings (SSSR count). The first kappa shape index (κ1) is 15.7. The van der Waals surface area contributed by atoms with Crippen molar-refractivity contribution in [1.29, 1.82) is 0 Å². The molecule has 0 bridgehead atoms. The van der Waals surface area contributed by atoms with Crippen LogP contribution in [-0.2, 0) is 12.3 Å². The van der Waals surface area contributed by atoms with Crippen molar-refractivity contribution in [3.05, 3.63) is 59.7 Å². The predicted octanol–water partition coefficient (Wildman–Crippen LogP) is 4.84. The van der Waals surface area contributed by atoms with Gasteiger partial charge in [0.15, 0.2) is 11.5 Å². The third-order valence-corrected chi connectivity index (χ3v) is 3.49. The van der Waals surface area contributed by atoms with Gasteiger partial charge in [0.05, 0.1) is 19.1 Å². The molecule has 0 fully saturated rings. The van der Waals surface area contributed by atoms with Gasteiger partial charge in [0, 0.05) is 5.56 Å². The highest BCUT2D eigenvalue weighted by Gasteiger charge is 2.10. The van der Waals surface area contributed by atoms with Gasteiger partial charge in [0.1, 0.15) is 0 Å². The zero-order chi connectivity index (χ0) is 14.9. The van der Waals surface area contributed by atoms with Crippen molar-refractivity contribution in [2.24, 2.45) is 0 Å². The number of hydrogen-bond donors (Lipinski definition) is 0. The molecule has 112 valence electrons. The summed E-state index contributed by atoms with van der Waals surface area (Å²) in [6.45, 7) is 3.24.